The zero-order valence-corrected chi connectivity index (χ0v) is 26.5. The second kappa shape index (κ2) is 14.9. The summed E-state index contributed by atoms with van der Waals surface area (Å²) in [6.07, 6.45) is 1.26. The second-order valence-corrected chi connectivity index (χ2v) is 13.0. The molecule has 0 unspecified atom stereocenters. The number of carbonyl (C=O) groups excluding carboxylic acids is 2. The number of halogens is 1. The van der Waals surface area contributed by atoms with E-state index in [0.29, 0.717) is 22.1 Å². The number of carbonyl (C=O) groups is 2. The molecule has 4 rings (SSSR count). The Morgan fingerprint density at radius 1 is 0.818 bits per heavy atom. The molecule has 1 atom stereocenters. The van der Waals surface area contributed by atoms with Crippen molar-refractivity contribution in [2.75, 3.05) is 17.1 Å². The van der Waals surface area contributed by atoms with Gasteiger partial charge in [-0.1, -0.05) is 78.3 Å². The van der Waals surface area contributed by atoms with Crippen molar-refractivity contribution in [2.24, 2.45) is 0 Å². The lowest BCUT2D eigenvalue weighted by Crippen LogP contribution is -2.54. The molecule has 0 saturated carbocycles. The van der Waals surface area contributed by atoms with E-state index in [4.69, 9.17) is 16.3 Å². The Hall–Kier alpha value is -4.34. The van der Waals surface area contributed by atoms with E-state index in [0.717, 1.165) is 16.1 Å². The Morgan fingerprint density at radius 2 is 1.39 bits per heavy atom. The average molecular weight is 634 g/mol. The summed E-state index contributed by atoms with van der Waals surface area (Å²) in [4.78, 5) is 29.2. The maximum Gasteiger partial charge on any atom is 0.244 e. The lowest BCUT2D eigenvalue weighted by atomic mass is 10.0. The average Bonchev–Trinajstić information content (AvgIpc) is 2.99. The van der Waals surface area contributed by atoms with Gasteiger partial charge in [0.1, 0.15) is 24.1 Å². The largest absolute Gasteiger partial charge is 0.457 e. The standard InChI is InChI=1S/C34H36ClN3O5S/c1-25(2)36-34(40)32(22-26-12-6-4-7-13-26)37(23-27-14-10-11-17-31(27)35)33(39)24-38(44(3,41)42)28-18-20-30(21-19-28)43-29-15-8-5-9-16-29/h4-21,25,32H,22-24H2,1-3H3,(H,36,40)/t32-/m0/s1. The summed E-state index contributed by atoms with van der Waals surface area (Å²) < 4.78 is 33.0. The fourth-order valence-corrected chi connectivity index (χ4v) is 5.71. The Kier molecular flexibility index (Phi) is 11.0. The van der Waals surface area contributed by atoms with Crippen molar-refractivity contribution in [2.45, 2.75) is 38.9 Å². The molecule has 2 amide bonds. The molecular weight excluding hydrogens is 598 g/mol. The molecule has 0 aliphatic heterocycles. The molecule has 0 aliphatic carbocycles. The number of amides is 2. The van der Waals surface area contributed by atoms with E-state index in [2.05, 4.69) is 5.32 Å². The van der Waals surface area contributed by atoms with Crippen LogP contribution in [-0.4, -0.2) is 50.0 Å². The normalized spacial score (nSPS) is 11.9. The van der Waals surface area contributed by atoms with Gasteiger partial charge in [-0.3, -0.25) is 13.9 Å². The molecule has 4 aromatic rings. The molecule has 44 heavy (non-hydrogen) atoms. The lowest BCUT2D eigenvalue weighted by molar-refractivity contribution is -0.140. The van der Waals surface area contributed by atoms with Crippen molar-refractivity contribution in [3.63, 3.8) is 0 Å². The summed E-state index contributed by atoms with van der Waals surface area (Å²) in [6.45, 7) is 3.16. The molecular formula is C34H36ClN3O5S. The van der Waals surface area contributed by atoms with Crippen LogP contribution in [0.5, 0.6) is 11.5 Å². The third kappa shape index (κ3) is 9.08. The Bertz CT molecular complexity index is 1650. The van der Waals surface area contributed by atoms with Crippen molar-refractivity contribution in [1.82, 2.24) is 10.2 Å². The first kappa shape index (κ1) is 32.6. The van der Waals surface area contributed by atoms with Crippen molar-refractivity contribution >= 4 is 39.1 Å². The van der Waals surface area contributed by atoms with Crippen LogP contribution in [0.2, 0.25) is 5.02 Å². The van der Waals surface area contributed by atoms with Gasteiger partial charge in [0.25, 0.3) is 0 Å². The molecule has 0 saturated heterocycles. The summed E-state index contributed by atoms with van der Waals surface area (Å²) in [7, 11) is -3.90. The Balaban J connectivity index is 1.68. The molecule has 0 spiro atoms. The number of nitrogens with one attached hydrogen (secondary N) is 1. The third-order valence-corrected chi connectivity index (χ3v) is 8.29. The first-order chi connectivity index (χ1) is 21.0. The Morgan fingerprint density at radius 3 is 1.98 bits per heavy atom. The zero-order chi connectivity index (χ0) is 31.7. The molecule has 0 bridgehead atoms. The van der Waals surface area contributed by atoms with Crippen molar-refractivity contribution in [3.05, 3.63) is 125 Å². The van der Waals surface area contributed by atoms with Crippen LogP contribution in [-0.2, 0) is 32.6 Å². The molecule has 10 heteroatoms. The molecule has 8 nitrogen and oxygen atoms in total. The van der Waals surface area contributed by atoms with Gasteiger partial charge in [0.15, 0.2) is 0 Å². The number of anilines is 1. The third-order valence-electron chi connectivity index (χ3n) is 6.78. The van der Waals surface area contributed by atoms with Gasteiger partial charge in [-0.2, -0.15) is 0 Å². The van der Waals surface area contributed by atoms with Gasteiger partial charge in [-0.25, -0.2) is 8.42 Å². The SMILES string of the molecule is CC(C)NC(=O)[C@H](Cc1ccccc1)N(Cc1ccccc1Cl)C(=O)CN(c1ccc(Oc2ccccc2)cc1)S(C)(=O)=O. The first-order valence-corrected chi connectivity index (χ1v) is 16.4. The highest BCUT2D eigenvalue weighted by atomic mass is 35.5. The predicted octanol–water partition coefficient (Wildman–Crippen LogP) is 6.06. The minimum atomic E-state index is -3.90. The molecule has 1 N–H and O–H groups in total. The fourth-order valence-electron chi connectivity index (χ4n) is 4.66. The molecule has 0 heterocycles. The van der Waals surface area contributed by atoms with Crippen LogP contribution in [0.4, 0.5) is 5.69 Å². The van der Waals surface area contributed by atoms with Gasteiger partial charge in [0, 0.05) is 24.0 Å². The van der Waals surface area contributed by atoms with E-state index in [1.165, 1.54) is 4.90 Å². The maximum absolute atomic E-state index is 14.2. The summed E-state index contributed by atoms with van der Waals surface area (Å²) in [5, 5.41) is 3.36. The number of hydrogen-bond donors (Lipinski definition) is 1. The number of rotatable bonds is 13. The summed E-state index contributed by atoms with van der Waals surface area (Å²) in [6, 6.07) is 31.0. The van der Waals surface area contributed by atoms with E-state index >= 15 is 0 Å². The predicted molar refractivity (Wildman–Crippen MR) is 174 cm³/mol. The molecule has 0 aromatic heterocycles. The molecule has 4 aromatic carbocycles. The molecule has 0 fully saturated rings. The minimum absolute atomic E-state index is 0.00295. The van der Waals surface area contributed by atoms with Gasteiger partial charge < -0.3 is 15.0 Å². The van der Waals surface area contributed by atoms with E-state index in [-0.39, 0.29) is 30.6 Å². The minimum Gasteiger partial charge on any atom is -0.457 e. The van der Waals surface area contributed by atoms with Crippen molar-refractivity contribution in [3.8, 4) is 11.5 Å². The van der Waals surface area contributed by atoms with Crippen molar-refractivity contribution < 1.29 is 22.7 Å². The molecule has 0 radical (unpaired) electrons. The maximum atomic E-state index is 14.2. The van der Waals surface area contributed by atoms with Crippen LogP contribution in [0.15, 0.2) is 109 Å². The fraction of sp³-hybridized carbons (Fsp3) is 0.235. The number of hydrogen-bond acceptors (Lipinski definition) is 5. The van der Waals surface area contributed by atoms with E-state index in [9.17, 15) is 18.0 Å². The van der Waals surface area contributed by atoms with Crippen LogP contribution in [0.3, 0.4) is 0 Å². The van der Waals surface area contributed by atoms with Crippen LogP contribution in [0.1, 0.15) is 25.0 Å². The summed E-state index contributed by atoms with van der Waals surface area (Å²) in [5.41, 5.74) is 1.76. The van der Waals surface area contributed by atoms with E-state index < -0.39 is 28.5 Å². The summed E-state index contributed by atoms with van der Waals surface area (Å²) in [5.74, 6) is 0.237. The number of sulfonamides is 1. The van der Waals surface area contributed by atoms with E-state index in [1.54, 1.807) is 48.5 Å². The smallest absolute Gasteiger partial charge is 0.244 e. The Labute approximate surface area is 264 Å². The monoisotopic (exact) mass is 633 g/mol. The summed E-state index contributed by atoms with van der Waals surface area (Å²) >= 11 is 6.49. The number of nitrogens with zero attached hydrogens (tertiary/aromatic N) is 2. The molecule has 0 aliphatic rings. The lowest BCUT2D eigenvalue weighted by Gasteiger charge is -2.34. The highest BCUT2D eigenvalue weighted by Gasteiger charge is 2.33. The van der Waals surface area contributed by atoms with Crippen LogP contribution in [0.25, 0.3) is 0 Å². The number of benzene rings is 4. The van der Waals surface area contributed by atoms with Gasteiger partial charge in [0.05, 0.1) is 11.9 Å². The van der Waals surface area contributed by atoms with E-state index in [1.807, 2.05) is 74.5 Å². The highest BCUT2D eigenvalue weighted by Crippen LogP contribution is 2.27. The quantitative estimate of drug-likeness (QED) is 0.193. The van der Waals surface area contributed by atoms with Gasteiger partial charge in [-0.05, 0) is 67.4 Å². The van der Waals surface area contributed by atoms with Crippen LogP contribution >= 0.6 is 11.6 Å². The topological polar surface area (TPSA) is 96.0 Å². The first-order valence-electron chi connectivity index (χ1n) is 14.2. The number of ether oxygens (including phenoxy) is 1. The second-order valence-electron chi connectivity index (χ2n) is 10.7. The number of para-hydroxylation sites is 1. The van der Waals surface area contributed by atoms with Crippen LogP contribution < -0.4 is 14.4 Å². The van der Waals surface area contributed by atoms with Crippen molar-refractivity contribution in [1.29, 1.82) is 0 Å². The van der Waals surface area contributed by atoms with Gasteiger partial charge in [-0.15, -0.1) is 0 Å². The zero-order valence-electron chi connectivity index (χ0n) is 24.9. The van der Waals surface area contributed by atoms with Gasteiger partial charge >= 0.3 is 0 Å². The van der Waals surface area contributed by atoms with Crippen LogP contribution in [0, 0.1) is 0 Å². The highest BCUT2D eigenvalue weighted by molar-refractivity contribution is 7.92. The van der Waals surface area contributed by atoms with Gasteiger partial charge in [0.2, 0.25) is 21.8 Å². The molecule has 230 valence electrons.